The molecule has 7 nitrogen and oxygen atoms in total. The van der Waals surface area contributed by atoms with E-state index in [0.717, 1.165) is 5.70 Å². The SMILES string of the molecule is CC(C)(C)C(O)/C(=C/C1CCCCC1)n1cc(-n2cncn2)nn1. The second-order valence-electron chi connectivity index (χ2n) is 7.62. The van der Waals surface area contributed by atoms with Crippen LogP contribution in [0.3, 0.4) is 0 Å². The number of allylic oxidation sites excluding steroid dienone is 1. The molecular weight excluding hydrogens is 304 g/mol. The third kappa shape index (κ3) is 3.72. The van der Waals surface area contributed by atoms with Gasteiger partial charge in [0.25, 0.3) is 0 Å². The van der Waals surface area contributed by atoms with E-state index in [0.29, 0.717) is 11.7 Å². The second kappa shape index (κ2) is 6.84. The lowest BCUT2D eigenvalue weighted by atomic mass is 9.83. The van der Waals surface area contributed by atoms with Gasteiger partial charge in [0.2, 0.25) is 0 Å². The molecule has 1 unspecified atom stereocenters. The number of aromatic nitrogens is 6. The van der Waals surface area contributed by atoms with E-state index in [2.05, 4.69) is 26.5 Å². The average molecular weight is 330 g/mol. The Morgan fingerprint density at radius 1 is 1.29 bits per heavy atom. The zero-order valence-electron chi connectivity index (χ0n) is 14.6. The van der Waals surface area contributed by atoms with Crippen molar-refractivity contribution in [2.24, 2.45) is 11.3 Å². The fourth-order valence-corrected chi connectivity index (χ4v) is 3.09. The molecule has 0 amide bonds. The summed E-state index contributed by atoms with van der Waals surface area (Å²) in [5.74, 6) is 1.08. The standard InChI is InChI=1S/C17H26N6O/c1-17(2,3)16(24)14(9-13-7-5-4-6-8-13)22-10-15(20-21-22)23-12-18-11-19-23/h9-13,16,24H,4-8H2,1-3H3/b14-9-. The predicted octanol–water partition coefficient (Wildman–Crippen LogP) is 2.69. The van der Waals surface area contributed by atoms with Gasteiger partial charge in [-0.25, -0.2) is 9.67 Å². The highest BCUT2D eigenvalue weighted by Gasteiger charge is 2.29. The number of hydrogen-bond donors (Lipinski definition) is 1. The fraction of sp³-hybridized carbons (Fsp3) is 0.647. The summed E-state index contributed by atoms with van der Waals surface area (Å²) < 4.78 is 3.24. The first kappa shape index (κ1) is 16.8. The van der Waals surface area contributed by atoms with Crippen molar-refractivity contribution in [1.29, 1.82) is 0 Å². The van der Waals surface area contributed by atoms with Crippen LogP contribution < -0.4 is 0 Å². The molecule has 2 heterocycles. The van der Waals surface area contributed by atoms with Crippen LogP contribution in [-0.2, 0) is 0 Å². The molecule has 24 heavy (non-hydrogen) atoms. The van der Waals surface area contributed by atoms with Crippen molar-refractivity contribution < 1.29 is 5.11 Å². The van der Waals surface area contributed by atoms with Gasteiger partial charge in [0.15, 0.2) is 5.82 Å². The van der Waals surface area contributed by atoms with Gasteiger partial charge in [-0.3, -0.25) is 0 Å². The summed E-state index contributed by atoms with van der Waals surface area (Å²) in [5.41, 5.74) is 0.521. The first-order valence-corrected chi connectivity index (χ1v) is 8.62. The van der Waals surface area contributed by atoms with E-state index < -0.39 is 6.10 Å². The molecule has 2 aromatic rings. The van der Waals surface area contributed by atoms with Gasteiger partial charge in [-0.2, -0.15) is 9.78 Å². The summed E-state index contributed by atoms with van der Waals surface area (Å²) in [6.45, 7) is 6.09. The monoisotopic (exact) mass is 330 g/mol. The molecule has 1 atom stereocenters. The van der Waals surface area contributed by atoms with Crippen molar-refractivity contribution in [1.82, 2.24) is 29.8 Å². The Balaban J connectivity index is 1.93. The largest absolute Gasteiger partial charge is 0.386 e. The normalized spacial score (nSPS) is 18.8. The molecular formula is C17H26N6O. The number of rotatable bonds is 4. The highest BCUT2D eigenvalue weighted by Crippen LogP contribution is 2.32. The molecule has 1 fully saturated rings. The van der Waals surface area contributed by atoms with Gasteiger partial charge in [-0.15, -0.1) is 5.10 Å². The van der Waals surface area contributed by atoms with Crippen molar-refractivity contribution >= 4 is 5.70 Å². The Labute approximate surface area is 142 Å². The van der Waals surface area contributed by atoms with E-state index in [1.54, 1.807) is 21.9 Å². The summed E-state index contributed by atoms with van der Waals surface area (Å²) >= 11 is 0. The van der Waals surface area contributed by atoms with Gasteiger partial charge >= 0.3 is 0 Å². The molecule has 0 aliphatic heterocycles. The van der Waals surface area contributed by atoms with E-state index in [1.807, 2.05) is 20.8 Å². The molecule has 0 bridgehead atoms. The molecule has 1 aliphatic rings. The van der Waals surface area contributed by atoms with Crippen LogP contribution in [0.2, 0.25) is 0 Å². The number of nitrogens with zero attached hydrogens (tertiary/aromatic N) is 6. The van der Waals surface area contributed by atoms with Crippen LogP contribution in [-0.4, -0.2) is 41.0 Å². The van der Waals surface area contributed by atoms with Crippen molar-refractivity contribution in [3.8, 4) is 5.82 Å². The molecule has 1 N–H and O–H groups in total. The molecule has 1 aliphatic carbocycles. The topological polar surface area (TPSA) is 81.7 Å². The van der Waals surface area contributed by atoms with Gasteiger partial charge < -0.3 is 5.11 Å². The quantitative estimate of drug-likeness (QED) is 0.932. The molecule has 3 rings (SSSR count). The Bertz CT molecular complexity index is 676. The highest BCUT2D eigenvalue weighted by atomic mass is 16.3. The van der Waals surface area contributed by atoms with Crippen molar-refractivity contribution in [2.45, 2.75) is 59.0 Å². The van der Waals surface area contributed by atoms with Crippen LogP contribution >= 0.6 is 0 Å². The Morgan fingerprint density at radius 2 is 2.04 bits per heavy atom. The summed E-state index contributed by atoms with van der Waals surface area (Å²) in [5, 5.41) is 23.3. The van der Waals surface area contributed by atoms with Crippen molar-refractivity contribution in [2.75, 3.05) is 0 Å². The van der Waals surface area contributed by atoms with Gasteiger partial charge in [0.1, 0.15) is 18.8 Å². The van der Waals surface area contributed by atoms with E-state index in [9.17, 15) is 5.11 Å². The zero-order valence-corrected chi connectivity index (χ0v) is 14.6. The van der Waals surface area contributed by atoms with E-state index >= 15 is 0 Å². The third-order valence-corrected chi connectivity index (χ3v) is 4.56. The lowest BCUT2D eigenvalue weighted by Gasteiger charge is -2.29. The molecule has 0 radical (unpaired) electrons. The van der Waals surface area contributed by atoms with Crippen LogP contribution in [0.5, 0.6) is 0 Å². The second-order valence-corrected chi connectivity index (χ2v) is 7.62. The first-order chi connectivity index (χ1) is 11.4. The maximum atomic E-state index is 10.9. The molecule has 0 saturated heterocycles. The fourth-order valence-electron chi connectivity index (χ4n) is 3.09. The van der Waals surface area contributed by atoms with Gasteiger partial charge in [-0.1, -0.05) is 51.3 Å². The Morgan fingerprint density at radius 3 is 2.67 bits per heavy atom. The maximum absolute atomic E-state index is 10.9. The molecule has 0 aromatic carbocycles. The van der Waals surface area contributed by atoms with E-state index in [-0.39, 0.29) is 5.41 Å². The van der Waals surface area contributed by atoms with Crippen molar-refractivity contribution in [3.63, 3.8) is 0 Å². The lowest BCUT2D eigenvalue weighted by molar-refractivity contribution is 0.107. The number of aliphatic hydroxyl groups excluding tert-OH is 1. The summed E-state index contributed by atoms with van der Waals surface area (Å²) in [4.78, 5) is 3.93. The Kier molecular flexibility index (Phi) is 4.80. The lowest BCUT2D eigenvalue weighted by Crippen LogP contribution is -2.30. The molecule has 2 aromatic heterocycles. The zero-order chi connectivity index (χ0) is 17.2. The van der Waals surface area contributed by atoms with Crippen LogP contribution in [0.4, 0.5) is 0 Å². The molecule has 0 spiro atoms. The molecule has 130 valence electrons. The summed E-state index contributed by atoms with van der Waals surface area (Å²) in [6.07, 6.45) is 12.6. The Hall–Kier alpha value is -2.02. The minimum absolute atomic E-state index is 0.278. The first-order valence-electron chi connectivity index (χ1n) is 8.62. The van der Waals surface area contributed by atoms with Crippen molar-refractivity contribution in [3.05, 3.63) is 24.9 Å². The van der Waals surface area contributed by atoms with Crippen LogP contribution in [0.25, 0.3) is 11.5 Å². The van der Waals surface area contributed by atoms with Crippen LogP contribution in [0.1, 0.15) is 52.9 Å². The summed E-state index contributed by atoms with van der Waals surface area (Å²) in [6, 6.07) is 0. The smallest absolute Gasteiger partial charge is 0.197 e. The van der Waals surface area contributed by atoms with Crippen LogP contribution in [0.15, 0.2) is 24.9 Å². The molecule has 1 saturated carbocycles. The number of aliphatic hydroxyl groups is 1. The minimum Gasteiger partial charge on any atom is -0.386 e. The van der Waals surface area contributed by atoms with Gasteiger partial charge in [0, 0.05) is 0 Å². The van der Waals surface area contributed by atoms with Gasteiger partial charge in [-0.05, 0) is 24.2 Å². The van der Waals surface area contributed by atoms with Crippen LogP contribution in [0, 0.1) is 11.3 Å². The van der Waals surface area contributed by atoms with E-state index in [1.165, 1.54) is 38.4 Å². The third-order valence-electron chi connectivity index (χ3n) is 4.56. The predicted molar refractivity (Wildman–Crippen MR) is 91.2 cm³/mol. The minimum atomic E-state index is -0.621. The maximum Gasteiger partial charge on any atom is 0.197 e. The number of hydrogen-bond acceptors (Lipinski definition) is 5. The summed E-state index contributed by atoms with van der Waals surface area (Å²) in [7, 11) is 0. The van der Waals surface area contributed by atoms with E-state index in [4.69, 9.17) is 0 Å². The highest BCUT2D eigenvalue weighted by molar-refractivity contribution is 5.50. The average Bonchev–Trinajstić information content (AvgIpc) is 3.23. The molecule has 7 heteroatoms. The van der Waals surface area contributed by atoms with Gasteiger partial charge in [0.05, 0.1) is 11.9 Å².